The van der Waals surface area contributed by atoms with E-state index in [2.05, 4.69) is 215 Å². The molecule has 2 atom stereocenters. The third kappa shape index (κ3) is 18.0. The third-order valence-corrected chi connectivity index (χ3v) is 25.6. The minimum atomic E-state index is -1.50. The molecule has 9 aromatic rings. The molecule has 4 heterocycles. The number of fused-ring (bicyclic) bond motifs is 6. The van der Waals surface area contributed by atoms with Crippen molar-refractivity contribution in [2.24, 2.45) is 21.5 Å². The molecule has 21 heteroatoms. The van der Waals surface area contributed by atoms with E-state index in [1.54, 1.807) is 55.9 Å². The van der Waals surface area contributed by atoms with Gasteiger partial charge >= 0.3 is 42.1 Å². The number of halogens is 3. The van der Waals surface area contributed by atoms with E-state index in [4.69, 9.17) is 81.3 Å². The van der Waals surface area contributed by atoms with Crippen LogP contribution in [-0.4, -0.2) is 76.6 Å². The van der Waals surface area contributed by atoms with Gasteiger partial charge in [0.15, 0.2) is 16.0 Å². The predicted molar refractivity (Wildman–Crippen MR) is 416 cm³/mol. The summed E-state index contributed by atoms with van der Waals surface area (Å²) in [7, 11) is 10.8. The topological polar surface area (TPSA) is 182 Å². The predicted octanol–water partition coefficient (Wildman–Crippen LogP) is 14.9. The fourth-order valence-corrected chi connectivity index (χ4v) is 20.7. The Labute approximate surface area is 618 Å². The first-order valence-corrected chi connectivity index (χ1v) is 42.0. The van der Waals surface area contributed by atoms with E-state index in [9.17, 15) is 0 Å². The summed E-state index contributed by atoms with van der Waals surface area (Å²) in [4.78, 5) is 13.7. The van der Waals surface area contributed by atoms with Crippen LogP contribution in [0.4, 0.5) is 5.69 Å². The van der Waals surface area contributed by atoms with Gasteiger partial charge in [0.2, 0.25) is 0 Å². The maximum atomic E-state index is 8.69. The van der Waals surface area contributed by atoms with E-state index in [1.807, 2.05) is 30.3 Å². The molecule has 0 aromatic heterocycles. The van der Waals surface area contributed by atoms with E-state index < -0.39 is 34.1 Å². The monoisotopic (exact) mass is 1590 g/mol. The van der Waals surface area contributed by atoms with Crippen LogP contribution in [0.15, 0.2) is 257 Å². The van der Waals surface area contributed by atoms with E-state index in [-0.39, 0.29) is 33.2 Å². The van der Waals surface area contributed by atoms with E-state index in [0.29, 0.717) is 33.2 Å². The van der Waals surface area contributed by atoms with Crippen molar-refractivity contribution >= 4 is 135 Å². The zero-order chi connectivity index (χ0) is 69.7. The van der Waals surface area contributed by atoms with Crippen LogP contribution in [0.5, 0.6) is 11.5 Å². The molecular formula is C78H78BBrCl2N6O6P2PdS2. The van der Waals surface area contributed by atoms with Gasteiger partial charge in [0.05, 0.1) is 30.4 Å². The number of methoxy groups -OCH3 is 2. The molecule has 12 nitrogen and oxygen atoms in total. The zero-order valence-electron chi connectivity index (χ0n) is 54.9. The number of ether oxygens (including phenoxy) is 4. The second-order valence-electron chi connectivity index (χ2n) is 24.1. The first-order valence-electron chi connectivity index (χ1n) is 32.6. The van der Waals surface area contributed by atoms with Crippen molar-refractivity contribution in [1.82, 2.24) is 0 Å². The van der Waals surface area contributed by atoms with Crippen molar-refractivity contribution in [3.63, 3.8) is 0 Å². The Morgan fingerprint density at radius 1 is 0.556 bits per heavy atom. The molecule has 6 N–H and O–H groups in total. The Morgan fingerprint density at radius 2 is 0.939 bits per heavy atom. The van der Waals surface area contributed by atoms with Crippen molar-refractivity contribution in [2.45, 2.75) is 98.7 Å². The normalized spacial score (nSPS) is 22.0. The molecule has 0 saturated heterocycles. The molecule has 0 radical (unpaired) electrons. The number of nitrogens with zero attached hydrogens (tertiary/aromatic N) is 4. The maximum Gasteiger partial charge on any atom is -0.0134 e. The Balaban J connectivity index is 0.000000135. The van der Waals surface area contributed by atoms with Gasteiger partial charge in [-0.2, -0.15) is 5.26 Å². The molecule has 2 aliphatic carbocycles. The Kier molecular flexibility index (Phi) is 27.8. The number of thioether (sulfide) groups is 2. The molecule has 2 fully saturated rings. The average Bonchev–Trinajstić information content (AvgIpc) is 1.56. The smallest absolute Gasteiger partial charge is 0.0134 e. The molecule has 4 spiro atoms. The molecule has 6 aliphatic rings. The first-order chi connectivity index (χ1) is 48.3. The fraction of sp³-hybridized carbons (Fsp3) is 0.256. The van der Waals surface area contributed by atoms with Crippen molar-refractivity contribution in [1.29, 1.82) is 5.26 Å². The largest absolute Gasteiger partial charge is 0.0622 e. The van der Waals surface area contributed by atoms with E-state index in [1.165, 1.54) is 43.5 Å². The van der Waals surface area contributed by atoms with Gasteiger partial charge in [-0.25, -0.2) is 14.8 Å². The summed E-state index contributed by atoms with van der Waals surface area (Å²) in [6.45, 7) is 7.59. The summed E-state index contributed by atoms with van der Waals surface area (Å²) < 4.78 is 25.3. The van der Waals surface area contributed by atoms with Gasteiger partial charge in [-0.15, -0.1) is 0 Å². The number of nitrogens with two attached hydrogens (primary N) is 2. The molecular weight excluding hydrogens is 1510 g/mol. The molecule has 2 saturated carbocycles. The molecule has 2 unspecified atom stereocenters. The van der Waals surface area contributed by atoms with E-state index >= 15 is 0 Å². The van der Waals surface area contributed by atoms with Crippen molar-refractivity contribution in [2.75, 3.05) is 25.7 Å². The van der Waals surface area contributed by atoms with Crippen LogP contribution in [0, 0.1) is 17.9 Å². The first kappa shape index (κ1) is 75.4. The van der Waals surface area contributed by atoms with Crippen molar-refractivity contribution < 1.29 is 44.9 Å². The SMILES string of the molecule is COC1CCC2(CC1)Oc1ccc(Br)cc1C21CCSC(N)=N1.N#Cc1cccc(B(O)O)c1.[C-]#[N+]c1cccc2c1C1(CCSC(N)=N1)C1(CCC(OC)CC1)O2.[Cl][Pd][Cl].c1ccc(P(c2ccccc2)c2ccccc2)cc1.c1ccc(P(c2ccccc2)c2ccccc2)cc1. The quantitative estimate of drug-likeness (QED) is 0.0613. The zero-order valence-corrected chi connectivity index (χ0v) is 63.0. The second-order valence-corrected chi connectivity index (χ2v) is 34.1. The standard InChI is InChI=1S/C18H21N3O2S.2C18H15P.C17H21BrN2O2S.C7H6BNO2.2ClH.Pd/c1-20-13-4-3-5-14-15(13)18(10-11-24-16(19)21-18)17(23-14)8-6-12(22-2)7-9-17;2*1-4-10-16(11-5-1)19(17-12-6-2-7-13-17)18-14-8-3-9-15-18;1-21-12-4-6-16(7-5-12)17(8-9-23-15(19)20-17)13-10-11(18)2-3-14(13)22-16;9-5-6-2-1-3-7(4-6)8(10)11;;;/h3-5,12H,6-11H2,2H3,(H2,19,21);2*1-15H;2-3,10,12H,4-9H2,1H3,(H2,19,20);1-4,10-11H;2*1H;/q;;;;;;;+2/p-2. The Bertz CT molecular complexity index is 3900. The van der Waals surface area contributed by atoms with Crippen LogP contribution in [-0.2, 0) is 36.5 Å². The maximum absolute atomic E-state index is 8.69. The van der Waals surface area contributed by atoms with Crippen LogP contribution >= 0.6 is 74.4 Å². The van der Waals surface area contributed by atoms with Crippen LogP contribution in [0.3, 0.4) is 0 Å². The molecule has 512 valence electrons. The van der Waals surface area contributed by atoms with Crippen molar-refractivity contribution in [3.8, 4) is 17.6 Å². The fourth-order valence-electron chi connectivity index (χ4n) is 14.0. The van der Waals surface area contributed by atoms with Crippen LogP contribution in [0.1, 0.15) is 80.9 Å². The summed E-state index contributed by atoms with van der Waals surface area (Å²) in [5.41, 5.74) is 14.3. The average molecular weight is 1590 g/mol. The van der Waals surface area contributed by atoms with Gasteiger partial charge in [-0.05, 0) is 154 Å². The Hall–Kier alpha value is -6.31. The minimum Gasteiger partial charge on any atom is -0.0622 e. The summed E-state index contributed by atoms with van der Waals surface area (Å²) in [5.74, 6) is 3.66. The molecule has 15 rings (SSSR count). The van der Waals surface area contributed by atoms with Crippen LogP contribution < -0.4 is 58.2 Å². The summed E-state index contributed by atoms with van der Waals surface area (Å²) in [5, 5.41) is 35.5. The summed E-state index contributed by atoms with van der Waals surface area (Å²) >= 11 is 6.73. The van der Waals surface area contributed by atoms with E-state index in [0.717, 1.165) is 97.2 Å². The van der Waals surface area contributed by atoms with Gasteiger partial charge in [0, 0.05) is 41.3 Å². The summed E-state index contributed by atoms with van der Waals surface area (Å²) in [6, 6.07) is 84.7. The molecule has 99 heavy (non-hydrogen) atoms. The van der Waals surface area contributed by atoms with Crippen LogP contribution in [0.2, 0.25) is 0 Å². The minimum absolute atomic E-state index is 0.106. The molecule has 0 bridgehead atoms. The second kappa shape index (κ2) is 36.5. The van der Waals surface area contributed by atoms with Crippen LogP contribution in [0.25, 0.3) is 4.85 Å². The number of hydrogen-bond acceptors (Lipinski definition) is 13. The third-order valence-electron chi connectivity index (χ3n) is 18.6. The van der Waals surface area contributed by atoms with Gasteiger partial charge in [-0.1, -0.05) is 246 Å². The van der Waals surface area contributed by atoms with Gasteiger partial charge in [0.1, 0.15) is 33.8 Å². The summed E-state index contributed by atoms with van der Waals surface area (Å²) in [6.07, 6.45) is 10.0. The van der Waals surface area contributed by atoms with Gasteiger partial charge in [0.25, 0.3) is 0 Å². The number of amidine groups is 2. The molecule has 0 amide bonds. The molecule has 9 aromatic carbocycles. The Morgan fingerprint density at radius 3 is 1.32 bits per heavy atom. The number of benzene rings is 9. The number of hydrogen-bond donors (Lipinski definition) is 4. The van der Waals surface area contributed by atoms with Crippen molar-refractivity contribution in [3.05, 3.63) is 275 Å². The molecule has 4 aliphatic heterocycles. The number of rotatable bonds is 9. The number of nitriles is 1. The van der Waals surface area contributed by atoms with Gasteiger partial charge in [-0.3, -0.25) is 0 Å². The number of aliphatic imine (C=N–C) groups is 2. The van der Waals surface area contributed by atoms with Gasteiger partial charge < -0.3 is 40.5 Å².